The zero-order valence-corrected chi connectivity index (χ0v) is 15.0. The van der Waals surface area contributed by atoms with Crippen molar-refractivity contribution >= 4 is 22.9 Å². The van der Waals surface area contributed by atoms with Gasteiger partial charge in [-0.3, -0.25) is 8.51 Å². The van der Waals surface area contributed by atoms with E-state index in [1.54, 1.807) is 63.2 Å². The van der Waals surface area contributed by atoms with E-state index in [1.165, 1.54) is 0 Å². The number of aromatic hydroxyl groups is 1. The number of aliphatic carboxylic acids is 1. The number of carbonyl (C=O) groups is 1. The third-order valence-electron chi connectivity index (χ3n) is 3.93. The third-order valence-corrected chi connectivity index (χ3v) is 4.68. The van der Waals surface area contributed by atoms with E-state index in [9.17, 15) is 23.8 Å². The fourth-order valence-corrected chi connectivity index (χ4v) is 3.60. The van der Waals surface area contributed by atoms with Crippen molar-refractivity contribution in [3.05, 3.63) is 48.0 Å². The Hall–Kier alpha value is -2.38. The van der Waals surface area contributed by atoms with Crippen LogP contribution in [0.3, 0.4) is 0 Å². The normalized spacial score (nSPS) is 13.5. The van der Waals surface area contributed by atoms with E-state index in [2.05, 4.69) is 0 Å². The number of rotatable bonds is 6. The van der Waals surface area contributed by atoms with Gasteiger partial charge in [-0.25, -0.2) is 4.79 Å². The largest absolute Gasteiger partial charge is 0.755 e. The van der Waals surface area contributed by atoms with Crippen LogP contribution in [-0.4, -0.2) is 31.0 Å². The Bertz CT molecular complexity index is 789. The molecule has 0 aliphatic rings. The molecular weight excluding hydrogens is 342 g/mol. The average molecular weight is 362 g/mol. The maximum atomic E-state index is 11.7. The molecule has 2 rings (SSSR count). The minimum absolute atomic E-state index is 0.159. The Balaban J connectivity index is 2.48. The van der Waals surface area contributed by atoms with Crippen molar-refractivity contribution in [2.45, 2.75) is 26.8 Å². The van der Waals surface area contributed by atoms with Crippen molar-refractivity contribution in [2.75, 3.05) is 4.31 Å². The first-order valence-electron chi connectivity index (χ1n) is 7.74. The number of phenolic OH excluding ortho intramolecular Hbond substituents is 1. The van der Waals surface area contributed by atoms with Crippen LogP contribution in [0.2, 0.25) is 0 Å². The highest BCUT2D eigenvalue weighted by atomic mass is 32.2. The molecule has 0 bridgehead atoms. The summed E-state index contributed by atoms with van der Waals surface area (Å²) in [4.78, 5) is 11.6. The molecule has 6 nitrogen and oxygen atoms in total. The Morgan fingerprint density at radius 3 is 2.12 bits per heavy atom. The van der Waals surface area contributed by atoms with Crippen molar-refractivity contribution in [1.82, 2.24) is 0 Å². The minimum atomic E-state index is -2.72. The first-order chi connectivity index (χ1) is 11.7. The average Bonchev–Trinajstić information content (AvgIpc) is 2.52. The Morgan fingerprint density at radius 2 is 1.68 bits per heavy atom. The number of benzene rings is 2. The lowest BCUT2D eigenvalue weighted by atomic mass is 10.00. The van der Waals surface area contributed by atoms with Crippen LogP contribution in [0, 0.1) is 12.8 Å². The van der Waals surface area contributed by atoms with E-state index >= 15 is 0 Å². The zero-order valence-electron chi connectivity index (χ0n) is 14.2. The fraction of sp³-hybridized carbons (Fsp3) is 0.278. The molecule has 7 heteroatoms. The van der Waals surface area contributed by atoms with Gasteiger partial charge < -0.3 is 14.8 Å². The number of hydrogen-bond donors (Lipinski definition) is 2. The molecule has 0 aliphatic carbocycles. The summed E-state index contributed by atoms with van der Waals surface area (Å²) < 4.78 is 24.4. The number of anilines is 1. The van der Waals surface area contributed by atoms with Crippen LogP contribution in [0.5, 0.6) is 5.75 Å². The van der Waals surface area contributed by atoms with Gasteiger partial charge in [-0.1, -0.05) is 32.0 Å². The smallest absolute Gasteiger partial charge is 0.327 e. The Kier molecular flexibility index (Phi) is 5.81. The number of carboxylic acids is 1. The molecule has 0 aromatic heterocycles. The van der Waals surface area contributed by atoms with Crippen molar-refractivity contribution in [2.24, 2.45) is 5.92 Å². The monoisotopic (exact) mass is 362 g/mol. The number of hydrogen-bond acceptors (Lipinski definition) is 4. The molecule has 0 radical (unpaired) electrons. The molecule has 0 fully saturated rings. The summed E-state index contributed by atoms with van der Waals surface area (Å²) >= 11 is -2.72. The quantitative estimate of drug-likeness (QED) is 0.769. The van der Waals surface area contributed by atoms with Gasteiger partial charge in [0.05, 0.1) is 5.69 Å². The topological polar surface area (TPSA) is 101 Å². The lowest BCUT2D eigenvalue weighted by molar-refractivity contribution is -0.139. The molecule has 2 unspecified atom stereocenters. The summed E-state index contributed by atoms with van der Waals surface area (Å²) in [6.45, 7) is 5.07. The molecule has 2 N–H and O–H groups in total. The standard InChI is InChI=1S/C18H21NO5S/c1-11(2)17(18(21)22)19(25(23)24)16-9-6-14(10-12(16)3)13-4-7-15(20)8-5-13/h4-11,17,20H,1-3H3,(H,21,22)(H,23,24)/p-1. The van der Waals surface area contributed by atoms with Gasteiger partial charge in [-0.05, 0) is 53.8 Å². The molecule has 0 heterocycles. The van der Waals surface area contributed by atoms with E-state index < -0.39 is 29.2 Å². The molecule has 2 aromatic carbocycles. The second-order valence-corrected chi connectivity index (χ2v) is 6.95. The molecule has 2 aromatic rings. The zero-order chi connectivity index (χ0) is 18.7. The molecule has 0 amide bonds. The van der Waals surface area contributed by atoms with Gasteiger partial charge in [0.2, 0.25) is 0 Å². The van der Waals surface area contributed by atoms with Gasteiger partial charge in [0, 0.05) is 11.3 Å². The first kappa shape index (κ1) is 19.0. The first-order valence-corrected chi connectivity index (χ1v) is 8.77. The van der Waals surface area contributed by atoms with Crippen molar-refractivity contribution < 1.29 is 23.8 Å². The number of carboxylic acid groups (broad SMARTS) is 1. The third kappa shape index (κ3) is 4.18. The minimum Gasteiger partial charge on any atom is -0.755 e. The van der Waals surface area contributed by atoms with Crippen LogP contribution in [-0.2, 0) is 16.1 Å². The van der Waals surface area contributed by atoms with Crippen LogP contribution >= 0.6 is 0 Å². The lowest BCUT2D eigenvalue weighted by Crippen LogP contribution is -2.46. The highest BCUT2D eigenvalue weighted by molar-refractivity contribution is 7.80. The Labute approximate surface area is 149 Å². The fourth-order valence-electron chi connectivity index (χ4n) is 2.72. The van der Waals surface area contributed by atoms with Gasteiger partial charge in [-0.2, -0.15) is 0 Å². The van der Waals surface area contributed by atoms with Gasteiger partial charge in [-0.15, -0.1) is 0 Å². The summed E-state index contributed by atoms with van der Waals surface area (Å²) in [5.74, 6) is -1.43. The van der Waals surface area contributed by atoms with E-state index in [-0.39, 0.29) is 5.75 Å². The van der Waals surface area contributed by atoms with Gasteiger partial charge in [0.15, 0.2) is 0 Å². The van der Waals surface area contributed by atoms with Gasteiger partial charge in [0.25, 0.3) is 0 Å². The molecule has 0 aliphatic heterocycles. The van der Waals surface area contributed by atoms with E-state index in [0.29, 0.717) is 11.3 Å². The molecule has 0 saturated carbocycles. The SMILES string of the molecule is Cc1cc(-c2ccc(O)cc2)ccc1N(C(C(=O)O)C(C)C)S(=O)[O-]. The second kappa shape index (κ2) is 7.67. The van der Waals surface area contributed by atoms with E-state index in [4.69, 9.17) is 0 Å². The maximum Gasteiger partial charge on any atom is 0.327 e. The predicted molar refractivity (Wildman–Crippen MR) is 95.9 cm³/mol. The van der Waals surface area contributed by atoms with Gasteiger partial charge >= 0.3 is 5.97 Å². The van der Waals surface area contributed by atoms with Crippen LogP contribution in [0.15, 0.2) is 42.5 Å². The number of nitrogens with zero attached hydrogens (tertiary/aromatic N) is 1. The molecule has 134 valence electrons. The van der Waals surface area contributed by atoms with Crippen molar-refractivity contribution in [1.29, 1.82) is 0 Å². The van der Waals surface area contributed by atoms with Gasteiger partial charge in [0.1, 0.15) is 11.8 Å². The molecule has 0 saturated heterocycles. The summed E-state index contributed by atoms with van der Waals surface area (Å²) in [5.41, 5.74) is 2.67. The van der Waals surface area contributed by atoms with Crippen LogP contribution < -0.4 is 4.31 Å². The maximum absolute atomic E-state index is 11.7. The molecule has 2 atom stereocenters. The number of phenols is 1. The summed E-state index contributed by atoms with van der Waals surface area (Å²) in [7, 11) is 0. The molecular formula is C18H20NO5S-. The Morgan fingerprint density at radius 1 is 1.12 bits per heavy atom. The summed E-state index contributed by atoms with van der Waals surface area (Å²) in [6.07, 6.45) is 0. The molecule has 25 heavy (non-hydrogen) atoms. The lowest BCUT2D eigenvalue weighted by Gasteiger charge is -2.35. The van der Waals surface area contributed by atoms with E-state index in [1.807, 2.05) is 0 Å². The number of aryl methyl sites for hydroxylation is 1. The van der Waals surface area contributed by atoms with Crippen LogP contribution in [0.1, 0.15) is 19.4 Å². The highest BCUT2D eigenvalue weighted by Crippen LogP contribution is 2.31. The highest BCUT2D eigenvalue weighted by Gasteiger charge is 2.31. The summed E-state index contributed by atoms with van der Waals surface area (Å²) in [6, 6.07) is 10.6. The van der Waals surface area contributed by atoms with Crippen LogP contribution in [0.25, 0.3) is 11.1 Å². The summed E-state index contributed by atoms with van der Waals surface area (Å²) in [5, 5.41) is 18.8. The van der Waals surface area contributed by atoms with Crippen molar-refractivity contribution in [3.63, 3.8) is 0 Å². The van der Waals surface area contributed by atoms with E-state index in [0.717, 1.165) is 15.4 Å². The van der Waals surface area contributed by atoms with Crippen LogP contribution in [0.4, 0.5) is 5.69 Å². The molecule has 0 spiro atoms. The van der Waals surface area contributed by atoms with Crippen molar-refractivity contribution in [3.8, 4) is 16.9 Å². The predicted octanol–water partition coefficient (Wildman–Crippen LogP) is 3.08. The second-order valence-electron chi connectivity index (χ2n) is 6.12.